The number of rotatable bonds is 1. The van der Waals surface area contributed by atoms with E-state index in [1.807, 2.05) is 0 Å². The average Bonchev–Trinajstić information content (AvgIpc) is 2.21. The van der Waals surface area contributed by atoms with E-state index >= 15 is 0 Å². The highest BCUT2D eigenvalue weighted by Crippen LogP contribution is 2.23. The normalized spacial score (nSPS) is 9.00. The summed E-state index contributed by atoms with van der Waals surface area (Å²) < 4.78 is 4.58. The molecule has 4 heteroatoms. The fraction of sp³-hybridized carbons (Fsp3) is 0.182. The monoisotopic (exact) mass is 223 g/mol. The van der Waals surface area contributed by atoms with Crippen LogP contribution in [0.4, 0.5) is 5.69 Å². The van der Waals surface area contributed by atoms with Gasteiger partial charge in [0.05, 0.1) is 17.7 Å². The first-order valence-electron chi connectivity index (χ1n) is 4.20. The van der Waals surface area contributed by atoms with Crippen LogP contribution in [0.1, 0.15) is 22.8 Å². The molecule has 0 aliphatic rings. The van der Waals surface area contributed by atoms with Gasteiger partial charge in [-0.05, 0) is 19.1 Å². The first kappa shape index (κ1) is 11.4. The summed E-state index contributed by atoms with van der Waals surface area (Å²) in [5, 5.41) is 0.265. The molecule has 0 atom stereocenters. The summed E-state index contributed by atoms with van der Waals surface area (Å²) in [4.78, 5) is 11.3. The molecule has 78 valence electrons. The van der Waals surface area contributed by atoms with Crippen LogP contribution < -0.4 is 5.73 Å². The summed E-state index contributed by atoms with van der Waals surface area (Å²) in [6.45, 7) is 1.69. The molecule has 0 spiro atoms. The van der Waals surface area contributed by atoms with Crippen molar-refractivity contribution in [3.63, 3.8) is 0 Å². The molecule has 3 nitrogen and oxygen atoms in total. The number of hydrogen-bond donors (Lipinski definition) is 1. The molecule has 0 amide bonds. The zero-order valence-electron chi connectivity index (χ0n) is 8.43. The van der Waals surface area contributed by atoms with Crippen LogP contribution in [0.15, 0.2) is 12.1 Å². The van der Waals surface area contributed by atoms with Crippen molar-refractivity contribution in [1.29, 1.82) is 0 Å². The molecule has 0 unspecified atom stereocenters. The molecule has 0 fully saturated rings. The number of nitrogens with two attached hydrogens (primary N) is 1. The number of anilines is 1. The van der Waals surface area contributed by atoms with Gasteiger partial charge < -0.3 is 10.5 Å². The van der Waals surface area contributed by atoms with Crippen LogP contribution in [0.5, 0.6) is 0 Å². The Bertz CT molecular complexity index is 458. The molecule has 15 heavy (non-hydrogen) atoms. The van der Waals surface area contributed by atoms with E-state index < -0.39 is 5.97 Å². The van der Waals surface area contributed by atoms with Crippen LogP contribution in [0.2, 0.25) is 5.02 Å². The number of benzene rings is 1. The lowest BCUT2D eigenvalue weighted by molar-refractivity contribution is 0.0601. The molecule has 0 saturated heterocycles. The minimum atomic E-state index is -0.501. The smallest absolute Gasteiger partial charge is 0.339 e. The second kappa shape index (κ2) is 4.72. The van der Waals surface area contributed by atoms with Gasteiger partial charge in [-0.15, -0.1) is 5.92 Å². The standard InChI is InChI=1S/C11H10ClNO2/c1-3-4-7-5-8(11(14)15-2)9(12)6-10(7)13/h5-6H,13H2,1-2H3. The molecule has 0 bridgehead atoms. The number of methoxy groups -OCH3 is 1. The number of nitrogen functional groups attached to an aromatic ring is 1. The Kier molecular flexibility index (Phi) is 3.59. The summed E-state index contributed by atoms with van der Waals surface area (Å²) in [7, 11) is 1.29. The summed E-state index contributed by atoms with van der Waals surface area (Å²) in [5.74, 6) is 4.98. The van der Waals surface area contributed by atoms with Crippen molar-refractivity contribution in [3.05, 3.63) is 28.3 Å². The van der Waals surface area contributed by atoms with Crippen LogP contribution in [0.3, 0.4) is 0 Å². The van der Waals surface area contributed by atoms with E-state index in [-0.39, 0.29) is 10.6 Å². The van der Waals surface area contributed by atoms with Crippen molar-refractivity contribution in [1.82, 2.24) is 0 Å². The third kappa shape index (κ3) is 2.42. The van der Waals surface area contributed by atoms with Crippen LogP contribution >= 0.6 is 11.6 Å². The Morgan fingerprint density at radius 1 is 1.53 bits per heavy atom. The second-order valence-electron chi connectivity index (χ2n) is 2.79. The van der Waals surface area contributed by atoms with Crippen LogP contribution in [0.25, 0.3) is 0 Å². The molecule has 0 radical (unpaired) electrons. The summed E-state index contributed by atoms with van der Waals surface area (Å²) in [6.07, 6.45) is 0. The zero-order valence-corrected chi connectivity index (χ0v) is 9.18. The van der Waals surface area contributed by atoms with E-state index in [9.17, 15) is 4.79 Å². The highest BCUT2D eigenvalue weighted by atomic mass is 35.5. The predicted octanol–water partition coefficient (Wildman–Crippen LogP) is 2.08. The molecule has 0 aliphatic heterocycles. The third-order valence-corrected chi connectivity index (χ3v) is 2.12. The second-order valence-corrected chi connectivity index (χ2v) is 3.19. The van der Waals surface area contributed by atoms with Crippen molar-refractivity contribution >= 4 is 23.3 Å². The molecule has 1 aromatic carbocycles. The maximum Gasteiger partial charge on any atom is 0.339 e. The van der Waals surface area contributed by atoms with E-state index in [0.717, 1.165) is 0 Å². The predicted molar refractivity (Wildman–Crippen MR) is 59.8 cm³/mol. The Balaban J connectivity index is 3.33. The van der Waals surface area contributed by atoms with Crippen LogP contribution in [-0.4, -0.2) is 13.1 Å². The Morgan fingerprint density at radius 3 is 2.73 bits per heavy atom. The molecular formula is C11H10ClNO2. The van der Waals surface area contributed by atoms with Crippen LogP contribution in [0, 0.1) is 11.8 Å². The van der Waals surface area contributed by atoms with Crippen molar-refractivity contribution < 1.29 is 9.53 Å². The number of carbonyl (C=O) groups excluding carboxylic acids is 1. The van der Waals surface area contributed by atoms with Gasteiger partial charge in [0.25, 0.3) is 0 Å². The summed E-state index contributed by atoms with van der Waals surface area (Å²) in [5.41, 5.74) is 6.97. The van der Waals surface area contributed by atoms with E-state index in [1.54, 1.807) is 6.92 Å². The molecule has 1 rings (SSSR count). The lowest BCUT2D eigenvalue weighted by Gasteiger charge is -2.05. The van der Waals surface area contributed by atoms with Crippen LogP contribution in [-0.2, 0) is 4.74 Å². The van der Waals surface area contributed by atoms with Gasteiger partial charge in [-0.2, -0.15) is 0 Å². The Labute approximate surface area is 93.2 Å². The van der Waals surface area contributed by atoms with E-state index in [0.29, 0.717) is 11.3 Å². The molecule has 0 saturated carbocycles. The fourth-order valence-electron chi connectivity index (χ4n) is 1.10. The average molecular weight is 224 g/mol. The minimum Gasteiger partial charge on any atom is -0.465 e. The quantitative estimate of drug-likeness (QED) is 0.451. The number of ether oxygens (including phenoxy) is 1. The van der Waals surface area contributed by atoms with Gasteiger partial charge in [0.1, 0.15) is 0 Å². The highest BCUT2D eigenvalue weighted by Gasteiger charge is 2.12. The number of esters is 1. The maximum absolute atomic E-state index is 11.3. The van der Waals surface area contributed by atoms with Gasteiger partial charge in [-0.25, -0.2) is 4.79 Å². The molecule has 0 aromatic heterocycles. The van der Waals surface area contributed by atoms with Crippen molar-refractivity contribution in [2.45, 2.75) is 6.92 Å². The fourth-order valence-corrected chi connectivity index (χ4v) is 1.35. The van der Waals surface area contributed by atoms with Gasteiger partial charge >= 0.3 is 5.97 Å². The third-order valence-electron chi connectivity index (χ3n) is 1.80. The first-order valence-corrected chi connectivity index (χ1v) is 4.58. The van der Waals surface area contributed by atoms with E-state index in [2.05, 4.69) is 16.6 Å². The first-order chi connectivity index (χ1) is 7.10. The summed E-state index contributed by atoms with van der Waals surface area (Å²) in [6, 6.07) is 3.02. The lowest BCUT2D eigenvalue weighted by Crippen LogP contribution is -2.04. The molecule has 1 aromatic rings. The van der Waals surface area contributed by atoms with Crippen molar-refractivity contribution in [3.8, 4) is 11.8 Å². The van der Waals surface area contributed by atoms with Gasteiger partial charge in [0.15, 0.2) is 0 Å². The molecule has 2 N–H and O–H groups in total. The lowest BCUT2D eigenvalue weighted by atomic mass is 10.1. The van der Waals surface area contributed by atoms with Gasteiger partial charge in [-0.3, -0.25) is 0 Å². The molecule has 0 heterocycles. The zero-order chi connectivity index (χ0) is 11.4. The maximum atomic E-state index is 11.3. The Morgan fingerprint density at radius 2 is 2.20 bits per heavy atom. The molecule has 0 aliphatic carbocycles. The Hall–Kier alpha value is -1.66. The van der Waals surface area contributed by atoms with E-state index in [4.69, 9.17) is 17.3 Å². The van der Waals surface area contributed by atoms with Gasteiger partial charge in [0, 0.05) is 11.3 Å². The number of hydrogen-bond acceptors (Lipinski definition) is 3. The minimum absolute atomic E-state index is 0.265. The van der Waals surface area contributed by atoms with Gasteiger partial charge in [-0.1, -0.05) is 17.5 Å². The van der Waals surface area contributed by atoms with E-state index in [1.165, 1.54) is 19.2 Å². The number of carbonyl (C=O) groups is 1. The summed E-state index contributed by atoms with van der Waals surface area (Å²) >= 11 is 5.85. The largest absolute Gasteiger partial charge is 0.465 e. The SMILES string of the molecule is CC#Cc1cc(C(=O)OC)c(Cl)cc1N. The highest BCUT2D eigenvalue weighted by molar-refractivity contribution is 6.34. The van der Waals surface area contributed by atoms with Crippen molar-refractivity contribution in [2.24, 2.45) is 0 Å². The van der Waals surface area contributed by atoms with Gasteiger partial charge in [0.2, 0.25) is 0 Å². The topological polar surface area (TPSA) is 52.3 Å². The number of halogens is 1. The molecular weight excluding hydrogens is 214 g/mol. The van der Waals surface area contributed by atoms with Crippen molar-refractivity contribution in [2.75, 3.05) is 12.8 Å².